The minimum Gasteiger partial charge on any atom is -0.459 e. The van der Waals surface area contributed by atoms with Gasteiger partial charge in [-0.3, -0.25) is 14.5 Å². The van der Waals surface area contributed by atoms with Crippen molar-refractivity contribution >= 4 is 11.7 Å². The number of piperazine rings is 1. The number of aryl methyl sites for hydroxylation is 2. The number of amides is 1. The zero-order chi connectivity index (χ0) is 21.3. The first-order chi connectivity index (χ1) is 14.4. The van der Waals surface area contributed by atoms with Crippen molar-refractivity contribution in [3.63, 3.8) is 0 Å². The summed E-state index contributed by atoms with van der Waals surface area (Å²) in [6.07, 6.45) is 1.51. The summed E-state index contributed by atoms with van der Waals surface area (Å²) in [5, 5.41) is 0. The summed E-state index contributed by atoms with van der Waals surface area (Å²) in [5.41, 5.74) is 5.06. The Morgan fingerprint density at radius 3 is 2.30 bits per heavy atom. The Balaban J connectivity index is 1.41. The van der Waals surface area contributed by atoms with Crippen molar-refractivity contribution < 1.29 is 14.0 Å². The second-order valence-corrected chi connectivity index (χ2v) is 7.92. The van der Waals surface area contributed by atoms with E-state index >= 15 is 0 Å². The van der Waals surface area contributed by atoms with E-state index in [-0.39, 0.29) is 11.7 Å². The van der Waals surface area contributed by atoms with Gasteiger partial charge in [0.2, 0.25) is 0 Å². The van der Waals surface area contributed by atoms with Gasteiger partial charge in [0.15, 0.2) is 11.5 Å². The van der Waals surface area contributed by atoms with Gasteiger partial charge in [-0.05, 0) is 51.1 Å². The smallest absolute Gasteiger partial charge is 0.289 e. The van der Waals surface area contributed by atoms with E-state index in [2.05, 4.69) is 40.7 Å². The van der Waals surface area contributed by atoms with Crippen molar-refractivity contribution in [2.45, 2.75) is 20.8 Å². The maximum absolute atomic E-state index is 13.0. The van der Waals surface area contributed by atoms with Crippen LogP contribution in [0.3, 0.4) is 0 Å². The zero-order valence-corrected chi connectivity index (χ0v) is 17.7. The maximum atomic E-state index is 13.0. The van der Waals surface area contributed by atoms with Crippen LogP contribution in [0, 0.1) is 20.8 Å². The first kappa shape index (κ1) is 20.2. The lowest BCUT2D eigenvalue weighted by molar-refractivity contribution is 0.0596. The van der Waals surface area contributed by atoms with Crippen LogP contribution in [0.4, 0.5) is 0 Å². The molecule has 6 heteroatoms. The van der Waals surface area contributed by atoms with Crippen LogP contribution in [0.25, 0.3) is 5.69 Å². The molecule has 0 unspecified atom stereocenters. The Kier molecular flexibility index (Phi) is 5.59. The average Bonchev–Trinajstić information content (AvgIpc) is 3.37. The highest BCUT2D eigenvalue weighted by Gasteiger charge is 2.26. The number of hydrogen-bond donors (Lipinski definition) is 0. The highest BCUT2D eigenvalue weighted by molar-refractivity contribution is 5.99. The van der Waals surface area contributed by atoms with Crippen molar-refractivity contribution in [1.82, 2.24) is 14.4 Å². The van der Waals surface area contributed by atoms with Gasteiger partial charge in [-0.2, -0.15) is 0 Å². The number of nitrogens with zero attached hydrogens (tertiary/aromatic N) is 3. The molecule has 0 spiro atoms. The van der Waals surface area contributed by atoms with E-state index in [9.17, 15) is 9.59 Å². The topological polar surface area (TPSA) is 58.7 Å². The highest BCUT2D eigenvalue weighted by atomic mass is 16.3. The number of furan rings is 1. The van der Waals surface area contributed by atoms with Gasteiger partial charge < -0.3 is 13.9 Å². The van der Waals surface area contributed by atoms with Crippen molar-refractivity contribution in [3.8, 4) is 5.69 Å². The van der Waals surface area contributed by atoms with Crippen LogP contribution in [-0.2, 0) is 0 Å². The minimum absolute atomic E-state index is 0.0902. The second-order valence-electron chi connectivity index (χ2n) is 7.92. The number of carbonyl (C=O) groups is 2. The molecule has 30 heavy (non-hydrogen) atoms. The van der Waals surface area contributed by atoms with Gasteiger partial charge in [0, 0.05) is 48.8 Å². The quantitative estimate of drug-likeness (QED) is 0.608. The van der Waals surface area contributed by atoms with E-state index in [0.29, 0.717) is 38.5 Å². The SMILES string of the molecule is Cc1ccc(-n2c(C)cc(C(=O)CN3CCN(C(=O)c4ccco4)CC3)c2C)cc1. The summed E-state index contributed by atoms with van der Waals surface area (Å²) < 4.78 is 7.34. The van der Waals surface area contributed by atoms with E-state index in [4.69, 9.17) is 4.42 Å². The van der Waals surface area contributed by atoms with Crippen molar-refractivity contribution in [1.29, 1.82) is 0 Å². The molecule has 0 N–H and O–H groups in total. The molecule has 0 atom stereocenters. The van der Waals surface area contributed by atoms with Gasteiger partial charge >= 0.3 is 0 Å². The predicted molar refractivity (Wildman–Crippen MR) is 115 cm³/mol. The molecular formula is C24H27N3O3. The van der Waals surface area contributed by atoms with Crippen LogP contribution in [0.1, 0.15) is 37.9 Å². The number of rotatable bonds is 5. The minimum atomic E-state index is -0.0902. The normalized spacial score (nSPS) is 14.8. The van der Waals surface area contributed by atoms with E-state index in [1.165, 1.54) is 11.8 Å². The third-order valence-corrected chi connectivity index (χ3v) is 5.78. The number of benzene rings is 1. The van der Waals surface area contributed by atoms with Crippen molar-refractivity contribution in [2.24, 2.45) is 0 Å². The van der Waals surface area contributed by atoms with Crippen LogP contribution < -0.4 is 0 Å². The zero-order valence-electron chi connectivity index (χ0n) is 17.7. The lowest BCUT2D eigenvalue weighted by atomic mass is 10.1. The standard InChI is InChI=1S/C24H27N3O3/c1-17-6-8-20(9-7-17)27-18(2)15-21(19(27)3)22(28)16-25-10-12-26(13-11-25)24(29)23-5-4-14-30-23/h4-9,14-15H,10-13,16H2,1-3H3. The predicted octanol–water partition coefficient (Wildman–Crippen LogP) is 3.64. The lowest BCUT2D eigenvalue weighted by Crippen LogP contribution is -2.49. The van der Waals surface area contributed by atoms with E-state index < -0.39 is 0 Å². The van der Waals surface area contributed by atoms with Gasteiger partial charge in [0.25, 0.3) is 5.91 Å². The monoisotopic (exact) mass is 405 g/mol. The lowest BCUT2D eigenvalue weighted by Gasteiger charge is -2.33. The maximum Gasteiger partial charge on any atom is 0.289 e. The molecule has 1 aromatic carbocycles. The number of hydrogen-bond acceptors (Lipinski definition) is 4. The van der Waals surface area contributed by atoms with E-state index in [0.717, 1.165) is 22.6 Å². The van der Waals surface area contributed by atoms with Crippen LogP contribution in [-0.4, -0.2) is 58.8 Å². The fourth-order valence-electron chi connectivity index (χ4n) is 4.09. The summed E-state index contributed by atoms with van der Waals surface area (Å²) in [6, 6.07) is 13.7. The van der Waals surface area contributed by atoms with Gasteiger partial charge in [0.05, 0.1) is 12.8 Å². The summed E-state index contributed by atoms with van der Waals surface area (Å²) in [4.78, 5) is 29.3. The number of Topliss-reactive ketones (excluding diaryl/α,β-unsaturated/α-hetero) is 1. The number of aromatic nitrogens is 1. The van der Waals surface area contributed by atoms with Gasteiger partial charge in [-0.1, -0.05) is 17.7 Å². The Morgan fingerprint density at radius 2 is 1.67 bits per heavy atom. The van der Waals surface area contributed by atoms with Gasteiger partial charge in [-0.15, -0.1) is 0 Å². The first-order valence-corrected chi connectivity index (χ1v) is 10.3. The van der Waals surface area contributed by atoms with E-state index in [1.54, 1.807) is 17.0 Å². The van der Waals surface area contributed by atoms with Gasteiger partial charge in [-0.25, -0.2) is 0 Å². The Bertz CT molecular complexity index is 1040. The molecule has 3 aromatic rings. The molecule has 1 aliphatic rings. The Labute approximate surface area is 176 Å². The number of carbonyl (C=O) groups excluding carboxylic acids is 2. The third kappa shape index (κ3) is 3.96. The molecular weight excluding hydrogens is 378 g/mol. The molecule has 2 aromatic heterocycles. The summed E-state index contributed by atoms with van der Waals surface area (Å²) in [5.74, 6) is 0.392. The Morgan fingerprint density at radius 1 is 0.967 bits per heavy atom. The molecule has 0 radical (unpaired) electrons. The fraction of sp³-hybridized carbons (Fsp3) is 0.333. The molecule has 0 bridgehead atoms. The summed E-state index contributed by atoms with van der Waals surface area (Å²) in [7, 11) is 0. The van der Waals surface area contributed by atoms with Crippen LogP contribution in [0.5, 0.6) is 0 Å². The molecule has 0 aliphatic carbocycles. The molecule has 4 rings (SSSR count). The van der Waals surface area contributed by atoms with Crippen LogP contribution in [0.2, 0.25) is 0 Å². The molecule has 3 heterocycles. The number of ketones is 1. The highest BCUT2D eigenvalue weighted by Crippen LogP contribution is 2.22. The van der Waals surface area contributed by atoms with Crippen molar-refractivity contribution in [3.05, 3.63) is 77.0 Å². The molecule has 1 fully saturated rings. The molecule has 1 saturated heterocycles. The first-order valence-electron chi connectivity index (χ1n) is 10.3. The average molecular weight is 405 g/mol. The molecule has 6 nitrogen and oxygen atoms in total. The van der Waals surface area contributed by atoms with E-state index in [1.807, 2.05) is 19.9 Å². The molecule has 1 amide bonds. The molecule has 156 valence electrons. The molecule has 0 saturated carbocycles. The fourth-order valence-corrected chi connectivity index (χ4v) is 4.09. The van der Waals surface area contributed by atoms with Gasteiger partial charge in [0.1, 0.15) is 0 Å². The summed E-state index contributed by atoms with van der Waals surface area (Å²) >= 11 is 0. The van der Waals surface area contributed by atoms with Crippen LogP contribution in [0.15, 0.2) is 53.1 Å². The second kappa shape index (κ2) is 8.32. The summed E-state index contributed by atoms with van der Waals surface area (Å²) in [6.45, 7) is 8.99. The van der Waals surface area contributed by atoms with Crippen LogP contribution >= 0.6 is 0 Å². The largest absolute Gasteiger partial charge is 0.459 e. The van der Waals surface area contributed by atoms with Crippen molar-refractivity contribution in [2.75, 3.05) is 32.7 Å². The molecule has 1 aliphatic heterocycles. The Hall–Kier alpha value is -3.12. The third-order valence-electron chi connectivity index (χ3n) is 5.78.